The predicted molar refractivity (Wildman–Crippen MR) is 90.1 cm³/mol. The quantitative estimate of drug-likeness (QED) is 0.787. The van der Waals surface area contributed by atoms with Gasteiger partial charge < -0.3 is 4.74 Å². The monoisotopic (exact) mass is 376 g/mol. The molecule has 1 aromatic carbocycles. The number of carbonyl (C=O) groups is 1. The summed E-state index contributed by atoms with van der Waals surface area (Å²) in [5.41, 5.74) is 3.68. The van der Waals surface area contributed by atoms with Crippen molar-refractivity contribution in [1.29, 1.82) is 0 Å². The highest BCUT2D eigenvalue weighted by Crippen LogP contribution is 2.51. The number of amides is 1. The van der Waals surface area contributed by atoms with Crippen molar-refractivity contribution in [3.05, 3.63) is 28.2 Å². The molecule has 1 amide bonds. The molecule has 0 aromatic heterocycles. The fraction of sp³-hybridized carbons (Fsp3) is 0.357. The van der Waals surface area contributed by atoms with E-state index in [1.165, 1.54) is 5.01 Å². The number of hydrazine groups is 1. The van der Waals surface area contributed by atoms with Gasteiger partial charge in [-0.1, -0.05) is 29.1 Å². The van der Waals surface area contributed by atoms with Crippen LogP contribution < -0.4 is 10.4 Å². The number of benzene rings is 1. The van der Waals surface area contributed by atoms with Crippen LogP contribution in [0, 0.1) is 17.2 Å². The smallest absolute Gasteiger partial charge is 0.304 e. The van der Waals surface area contributed by atoms with Crippen molar-refractivity contribution < 1.29 is 9.53 Å². The Morgan fingerprint density at radius 1 is 1.45 bits per heavy atom. The third-order valence-electron chi connectivity index (χ3n) is 3.38. The number of nitrogens with one attached hydrogen (secondary N) is 1. The molecule has 0 radical (unpaired) electrons. The zero-order chi connectivity index (χ0) is 15.7. The Labute approximate surface area is 147 Å². The minimum Gasteiger partial charge on any atom is -0.336 e. The van der Waals surface area contributed by atoms with E-state index in [1.807, 2.05) is 0 Å². The van der Waals surface area contributed by atoms with Crippen molar-refractivity contribution in [2.75, 3.05) is 11.6 Å². The Morgan fingerprint density at radius 2 is 2.23 bits per heavy atom. The second-order valence-electron chi connectivity index (χ2n) is 4.91. The average molecular weight is 378 g/mol. The molecule has 116 valence electrons. The Morgan fingerprint density at radius 3 is 2.86 bits per heavy atom. The zero-order valence-electron chi connectivity index (χ0n) is 11.2. The van der Waals surface area contributed by atoms with E-state index in [0.29, 0.717) is 15.7 Å². The van der Waals surface area contributed by atoms with Crippen molar-refractivity contribution in [3.8, 4) is 11.3 Å². The molecule has 1 N–H and O–H groups in total. The maximum atomic E-state index is 12.4. The van der Waals surface area contributed by atoms with E-state index in [4.69, 9.17) is 39.5 Å². The van der Waals surface area contributed by atoms with E-state index in [1.54, 1.807) is 18.2 Å². The number of hydrogen-bond donors (Lipinski definition) is 1. The number of rotatable bonds is 4. The molecular formula is C14H11Cl3N2O2S. The Hall–Kier alpha value is -0.610. The molecule has 2 aliphatic rings. The molecule has 1 aliphatic heterocycles. The molecule has 1 aromatic rings. The second-order valence-corrected chi connectivity index (χ2v) is 7.11. The van der Waals surface area contributed by atoms with Crippen LogP contribution in [-0.2, 0) is 4.74 Å². The molecule has 1 saturated carbocycles. The van der Waals surface area contributed by atoms with Crippen LogP contribution in [-0.4, -0.2) is 16.9 Å². The highest BCUT2D eigenvalue weighted by atomic mass is 35.5. The van der Waals surface area contributed by atoms with E-state index in [9.17, 15) is 4.79 Å². The molecule has 3 rings (SSSR count). The van der Waals surface area contributed by atoms with Gasteiger partial charge in [-0.25, -0.2) is 5.01 Å². The van der Waals surface area contributed by atoms with Crippen molar-refractivity contribution in [3.63, 3.8) is 0 Å². The molecule has 8 heteroatoms. The number of carbonyl (C=O) groups excluding carboxylic acids is 1. The average Bonchev–Trinajstić information content (AvgIpc) is 3.26. The summed E-state index contributed by atoms with van der Waals surface area (Å²) in [5, 5.41) is 3.56. The van der Waals surface area contributed by atoms with E-state index in [-0.39, 0.29) is 17.8 Å². The van der Waals surface area contributed by atoms with Crippen LogP contribution in [0.15, 0.2) is 18.2 Å². The van der Waals surface area contributed by atoms with Crippen LogP contribution in [0.1, 0.15) is 12.8 Å². The lowest BCUT2D eigenvalue weighted by atomic mass is 10.3. The summed E-state index contributed by atoms with van der Waals surface area (Å²) in [6.45, 7) is 0.148. The largest absolute Gasteiger partial charge is 0.336 e. The molecule has 22 heavy (non-hydrogen) atoms. The first kappa shape index (κ1) is 16.3. The fourth-order valence-electron chi connectivity index (χ4n) is 2.21. The first-order valence-electron chi connectivity index (χ1n) is 6.54. The SMILES string of the molecule is O=C1SC(OCC#CCl)(C2CC2)NN1c1ccc(Cl)cc1Cl. The summed E-state index contributed by atoms with van der Waals surface area (Å²) in [5.74, 6) is 2.88. The molecule has 1 unspecified atom stereocenters. The van der Waals surface area contributed by atoms with Crippen LogP contribution in [0.4, 0.5) is 10.5 Å². The Bertz CT molecular complexity index is 672. The molecule has 1 saturated heterocycles. The van der Waals surface area contributed by atoms with Gasteiger partial charge in [-0.05, 0) is 54.4 Å². The normalized spacial score (nSPS) is 24.3. The third-order valence-corrected chi connectivity index (χ3v) is 5.25. The first-order valence-corrected chi connectivity index (χ1v) is 8.49. The van der Waals surface area contributed by atoms with Gasteiger partial charge in [0, 0.05) is 16.3 Å². The molecule has 0 spiro atoms. The minimum atomic E-state index is -0.819. The highest BCUT2D eigenvalue weighted by Gasteiger charge is 2.55. The highest BCUT2D eigenvalue weighted by molar-refractivity contribution is 8.15. The molecule has 4 nitrogen and oxygen atoms in total. The first-order chi connectivity index (χ1) is 10.6. The van der Waals surface area contributed by atoms with Crippen LogP contribution in [0.2, 0.25) is 10.0 Å². The lowest BCUT2D eigenvalue weighted by Gasteiger charge is -2.28. The molecule has 1 aliphatic carbocycles. The van der Waals surface area contributed by atoms with Gasteiger partial charge in [-0.2, -0.15) is 5.43 Å². The van der Waals surface area contributed by atoms with E-state index >= 15 is 0 Å². The number of hydrogen-bond acceptors (Lipinski definition) is 4. The number of halogens is 3. The topological polar surface area (TPSA) is 41.6 Å². The minimum absolute atomic E-state index is 0.148. The number of thioether (sulfide) groups is 1. The maximum absolute atomic E-state index is 12.4. The van der Waals surface area contributed by atoms with Gasteiger partial charge in [0.05, 0.1) is 10.7 Å². The molecule has 2 fully saturated rings. The number of ether oxygens (including phenoxy) is 1. The standard InChI is InChI=1S/C14H11Cl3N2O2S/c15-6-1-7-21-14(9-2-3-9)18-19(13(20)22-14)12-5-4-10(16)8-11(12)17/h4-5,8-9,18H,2-3,7H2. The molecule has 1 heterocycles. The van der Waals surface area contributed by atoms with E-state index < -0.39 is 5.06 Å². The van der Waals surface area contributed by atoms with E-state index in [0.717, 1.165) is 24.6 Å². The molecular weight excluding hydrogens is 367 g/mol. The molecule has 1 atom stereocenters. The van der Waals surface area contributed by atoms with Crippen LogP contribution in [0.3, 0.4) is 0 Å². The van der Waals surface area contributed by atoms with Crippen LogP contribution in [0.5, 0.6) is 0 Å². The van der Waals surface area contributed by atoms with Crippen molar-refractivity contribution >= 4 is 57.5 Å². The second kappa shape index (κ2) is 6.48. The summed E-state index contributed by atoms with van der Waals surface area (Å²) >= 11 is 18.5. The van der Waals surface area contributed by atoms with Gasteiger partial charge in [-0.15, -0.1) is 0 Å². The lowest BCUT2D eigenvalue weighted by molar-refractivity contribution is 0.00901. The van der Waals surface area contributed by atoms with E-state index in [2.05, 4.69) is 16.7 Å². The fourth-order valence-corrected chi connectivity index (χ4v) is 3.91. The van der Waals surface area contributed by atoms with Gasteiger partial charge in [0.25, 0.3) is 0 Å². The van der Waals surface area contributed by atoms with Gasteiger partial charge in [0.1, 0.15) is 6.61 Å². The maximum Gasteiger partial charge on any atom is 0.304 e. The van der Waals surface area contributed by atoms with Crippen molar-refractivity contribution in [2.24, 2.45) is 5.92 Å². The van der Waals surface area contributed by atoms with Crippen LogP contribution >= 0.6 is 46.6 Å². The summed E-state index contributed by atoms with van der Waals surface area (Å²) in [6, 6.07) is 4.96. The van der Waals surface area contributed by atoms with Crippen LogP contribution in [0.25, 0.3) is 0 Å². The lowest BCUT2D eigenvalue weighted by Crippen LogP contribution is -2.49. The van der Waals surface area contributed by atoms with Crippen molar-refractivity contribution in [2.45, 2.75) is 17.9 Å². The summed E-state index contributed by atoms with van der Waals surface area (Å²) in [7, 11) is 0. The molecule has 0 bridgehead atoms. The third kappa shape index (κ3) is 3.18. The zero-order valence-corrected chi connectivity index (χ0v) is 14.3. The summed E-state index contributed by atoms with van der Waals surface area (Å²) < 4.78 is 5.80. The summed E-state index contributed by atoms with van der Waals surface area (Å²) in [4.78, 5) is 12.4. The Kier molecular flexibility index (Phi) is 4.79. The summed E-state index contributed by atoms with van der Waals surface area (Å²) in [6.07, 6.45) is 1.98. The predicted octanol–water partition coefficient (Wildman–Crippen LogP) is 4.45. The Balaban J connectivity index is 1.85. The van der Waals surface area contributed by atoms with Gasteiger partial charge in [0.2, 0.25) is 0 Å². The van der Waals surface area contributed by atoms with Gasteiger partial charge in [0.15, 0.2) is 5.06 Å². The van der Waals surface area contributed by atoms with Gasteiger partial charge >= 0.3 is 5.24 Å². The number of nitrogens with zero attached hydrogens (tertiary/aromatic N) is 1. The van der Waals surface area contributed by atoms with Crippen molar-refractivity contribution in [1.82, 2.24) is 5.43 Å². The van der Waals surface area contributed by atoms with Gasteiger partial charge in [-0.3, -0.25) is 4.79 Å². The number of anilines is 1.